The van der Waals surface area contributed by atoms with Gasteiger partial charge >= 0.3 is 6.18 Å². The summed E-state index contributed by atoms with van der Waals surface area (Å²) in [6.07, 6.45) is -2.35. The van der Waals surface area contributed by atoms with Crippen LogP contribution in [0.15, 0.2) is 79.0 Å². The molecule has 0 saturated carbocycles. The van der Waals surface area contributed by atoms with E-state index in [-0.39, 0.29) is 5.56 Å². The third-order valence-electron chi connectivity index (χ3n) is 4.23. The normalized spacial score (nSPS) is 11.4. The van der Waals surface area contributed by atoms with E-state index in [0.717, 1.165) is 18.3 Å². The molecule has 3 rings (SSSR count). The summed E-state index contributed by atoms with van der Waals surface area (Å²) in [6, 6.07) is 17.6. The summed E-state index contributed by atoms with van der Waals surface area (Å²) < 4.78 is 38.4. The maximum atomic E-state index is 12.8. The first-order chi connectivity index (χ1) is 14.2. The van der Waals surface area contributed by atoms with Crippen LogP contribution < -0.4 is 5.32 Å². The average molecular weight is 412 g/mol. The Balaban J connectivity index is 1.86. The Morgan fingerprint density at radius 2 is 1.67 bits per heavy atom. The molecule has 0 bridgehead atoms. The van der Waals surface area contributed by atoms with Crippen molar-refractivity contribution in [2.24, 2.45) is 0 Å². The number of alkyl halides is 3. The lowest BCUT2D eigenvalue weighted by Crippen LogP contribution is -2.13. The van der Waals surface area contributed by atoms with E-state index in [0.29, 0.717) is 22.4 Å². The van der Waals surface area contributed by atoms with Crippen LogP contribution in [0.1, 0.15) is 21.5 Å². The van der Waals surface area contributed by atoms with Gasteiger partial charge in [0, 0.05) is 17.3 Å². The number of nitrogens with zero attached hydrogens (tertiary/aromatic N) is 1. The third-order valence-corrected chi connectivity index (χ3v) is 4.23. The van der Waals surface area contributed by atoms with Crippen molar-refractivity contribution in [2.45, 2.75) is 6.18 Å². The summed E-state index contributed by atoms with van der Waals surface area (Å²) in [4.78, 5) is 22.7. The van der Waals surface area contributed by atoms with Gasteiger partial charge in [-0.15, -0.1) is 0 Å². The van der Waals surface area contributed by atoms with Crippen LogP contribution in [0.4, 0.5) is 18.9 Å². The number of anilines is 1. The fourth-order valence-corrected chi connectivity index (χ4v) is 2.84. The van der Waals surface area contributed by atoms with E-state index in [2.05, 4.69) is 5.32 Å². The number of rotatable bonds is 5. The Labute approximate surface area is 169 Å². The van der Waals surface area contributed by atoms with E-state index in [9.17, 15) is 28.1 Å². The summed E-state index contributed by atoms with van der Waals surface area (Å²) in [5.41, 5.74) is 1.41. The standard InChI is InChI=1S/C22H15F3N2O3/c23-22(24,25)17-10-8-16(9-11-17)19-6-1-2-7-20(19)21(28)26-18-5-3-4-15(14-18)12-13-27(29)30/h1-14H,(H,26,28)/b13-12+. The zero-order chi connectivity index (χ0) is 21.7. The Morgan fingerprint density at radius 3 is 2.33 bits per heavy atom. The predicted octanol–water partition coefficient (Wildman–Crippen LogP) is 5.87. The molecule has 0 aliphatic heterocycles. The molecule has 8 heteroatoms. The van der Waals surface area contributed by atoms with Crippen LogP contribution in [0.3, 0.4) is 0 Å². The van der Waals surface area contributed by atoms with Crippen LogP contribution in [0.5, 0.6) is 0 Å². The smallest absolute Gasteiger partial charge is 0.322 e. The number of carbonyl (C=O) groups is 1. The highest BCUT2D eigenvalue weighted by Gasteiger charge is 2.30. The topological polar surface area (TPSA) is 72.2 Å². The van der Waals surface area contributed by atoms with E-state index in [1.807, 2.05) is 0 Å². The summed E-state index contributed by atoms with van der Waals surface area (Å²) in [5, 5.41) is 13.2. The van der Waals surface area contributed by atoms with Crippen LogP contribution in [-0.4, -0.2) is 10.8 Å². The molecular weight excluding hydrogens is 397 g/mol. The summed E-state index contributed by atoms with van der Waals surface area (Å²) in [7, 11) is 0. The van der Waals surface area contributed by atoms with Crippen LogP contribution in [-0.2, 0) is 6.18 Å². The van der Waals surface area contributed by atoms with Gasteiger partial charge in [0.05, 0.1) is 10.5 Å². The number of nitrogens with one attached hydrogen (secondary N) is 1. The van der Waals surface area contributed by atoms with E-state index >= 15 is 0 Å². The van der Waals surface area contributed by atoms with Crippen molar-refractivity contribution >= 4 is 17.7 Å². The molecule has 0 heterocycles. The zero-order valence-electron chi connectivity index (χ0n) is 15.4. The van der Waals surface area contributed by atoms with Crippen molar-refractivity contribution in [3.05, 3.63) is 106 Å². The number of hydrogen-bond acceptors (Lipinski definition) is 3. The number of amides is 1. The Hall–Kier alpha value is -3.94. The van der Waals surface area contributed by atoms with Gasteiger partial charge in [0.15, 0.2) is 0 Å². The van der Waals surface area contributed by atoms with Crippen molar-refractivity contribution < 1.29 is 22.9 Å². The minimum absolute atomic E-state index is 0.281. The molecule has 152 valence electrons. The lowest BCUT2D eigenvalue weighted by atomic mass is 9.98. The van der Waals surface area contributed by atoms with Crippen LogP contribution in [0.25, 0.3) is 17.2 Å². The maximum Gasteiger partial charge on any atom is 0.416 e. The second kappa shape index (κ2) is 8.60. The Kier molecular flexibility index (Phi) is 5.96. The largest absolute Gasteiger partial charge is 0.416 e. The molecule has 3 aromatic rings. The first-order valence-corrected chi connectivity index (χ1v) is 8.74. The second-order valence-corrected chi connectivity index (χ2v) is 6.30. The molecular formula is C22H15F3N2O3. The van der Waals surface area contributed by atoms with Crippen molar-refractivity contribution in [3.8, 4) is 11.1 Å². The van der Waals surface area contributed by atoms with Gasteiger partial charge < -0.3 is 5.32 Å². The molecule has 1 amide bonds. The minimum atomic E-state index is -4.44. The van der Waals surface area contributed by atoms with E-state index in [1.54, 1.807) is 48.5 Å². The van der Waals surface area contributed by atoms with Crippen molar-refractivity contribution in [3.63, 3.8) is 0 Å². The Bertz CT molecular complexity index is 1110. The van der Waals surface area contributed by atoms with Crippen LogP contribution >= 0.6 is 0 Å². The summed E-state index contributed by atoms with van der Waals surface area (Å²) in [6.45, 7) is 0. The van der Waals surface area contributed by atoms with Gasteiger partial charge in [-0.25, -0.2) is 0 Å². The quantitative estimate of drug-likeness (QED) is 0.421. The monoisotopic (exact) mass is 412 g/mol. The van der Waals surface area contributed by atoms with E-state index in [4.69, 9.17) is 0 Å². The predicted molar refractivity (Wildman–Crippen MR) is 107 cm³/mol. The molecule has 30 heavy (non-hydrogen) atoms. The SMILES string of the molecule is O=C(Nc1cccc(/C=C/[N+](=O)[O-])c1)c1ccccc1-c1ccc(C(F)(F)F)cc1. The molecule has 0 fully saturated rings. The Morgan fingerprint density at radius 1 is 0.967 bits per heavy atom. The first-order valence-electron chi connectivity index (χ1n) is 8.74. The van der Waals surface area contributed by atoms with Gasteiger partial charge in [0.1, 0.15) is 0 Å². The van der Waals surface area contributed by atoms with E-state index < -0.39 is 22.6 Å². The molecule has 0 aliphatic rings. The molecule has 3 aromatic carbocycles. The highest BCUT2D eigenvalue weighted by molar-refractivity contribution is 6.08. The van der Waals surface area contributed by atoms with Gasteiger partial charge in [-0.2, -0.15) is 13.2 Å². The zero-order valence-corrected chi connectivity index (χ0v) is 15.4. The fourth-order valence-electron chi connectivity index (χ4n) is 2.84. The molecule has 0 spiro atoms. The summed E-state index contributed by atoms with van der Waals surface area (Å²) >= 11 is 0. The highest BCUT2D eigenvalue weighted by atomic mass is 19.4. The van der Waals surface area contributed by atoms with Gasteiger partial charge in [-0.3, -0.25) is 14.9 Å². The number of hydrogen-bond donors (Lipinski definition) is 1. The average Bonchev–Trinajstić information content (AvgIpc) is 2.72. The third kappa shape index (κ3) is 5.11. The highest BCUT2D eigenvalue weighted by Crippen LogP contribution is 2.32. The van der Waals surface area contributed by atoms with Crippen molar-refractivity contribution in [1.82, 2.24) is 0 Å². The molecule has 0 radical (unpaired) electrons. The number of carbonyl (C=O) groups excluding carboxylic acids is 1. The lowest BCUT2D eigenvalue weighted by molar-refractivity contribution is -0.400. The molecule has 5 nitrogen and oxygen atoms in total. The van der Waals surface area contributed by atoms with Crippen molar-refractivity contribution in [1.29, 1.82) is 0 Å². The van der Waals surface area contributed by atoms with E-state index in [1.165, 1.54) is 18.2 Å². The van der Waals surface area contributed by atoms with Crippen molar-refractivity contribution in [2.75, 3.05) is 5.32 Å². The molecule has 0 atom stereocenters. The van der Waals surface area contributed by atoms with Gasteiger partial charge in [-0.05, 0) is 47.0 Å². The number of nitro groups is 1. The fraction of sp³-hybridized carbons (Fsp3) is 0.0455. The maximum absolute atomic E-state index is 12.8. The number of benzene rings is 3. The molecule has 1 N–H and O–H groups in total. The van der Waals surface area contributed by atoms with Crippen LogP contribution in [0.2, 0.25) is 0 Å². The number of halogens is 3. The lowest BCUT2D eigenvalue weighted by Gasteiger charge is -2.12. The van der Waals surface area contributed by atoms with Gasteiger partial charge in [0.2, 0.25) is 6.20 Å². The van der Waals surface area contributed by atoms with Gasteiger partial charge in [-0.1, -0.05) is 42.5 Å². The molecule has 0 aliphatic carbocycles. The van der Waals surface area contributed by atoms with Crippen LogP contribution in [0, 0.1) is 10.1 Å². The second-order valence-electron chi connectivity index (χ2n) is 6.30. The summed E-state index contributed by atoms with van der Waals surface area (Å²) in [5.74, 6) is -0.457. The minimum Gasteiger partial charge on any atom is -0.322 e. The molecule has 0 unspecified atom stereocenters. The first kappa shape index (κ1) is 20.8. The molecule has 0 aromatic heterocycles. The molecule has 0 saturated heterocycles. The van der Waals surface area contributed by atoms with Gasteiger partial charge in [0.25, 0.3) is 5.91 Å².